The molecule has 0 spiro atoms. The summed E-state index contributed by atoms with van der Waals surface area (Å²) in [6.45, 7) is 1.94. The Kier molecular flexibility index (Phi) is 8.55. The topological polar surface area (TPSA) is 80.3 Å². The maximum absolute atomic E-state index is 12.3. The highest BCUT2D eigenvalue weighted by Gasteiger charge is 2.31. The summed E-state index contributed by atoms with van der Waals surface area (Å²) < 4.78 is 16.1. The van der Waals surface area contributed by atoms with Crippen LogP contribution in [0.25, 0.3) is 0 Å². The van der Waals surface area contributed by atoms with Gasteiger partial charge >= 0.3 is 0 Å². The molecule has 7 nitrogen and oxygen atoms in total. The van der Waals surface area contributed by atoms with Crippen LogP contribution in [0.15, 0.2) is 48.5 Å². The lowest BCUT2D eigenvalue weighted by Gasteiger charge is -2.27. The van der Waals surface area contributed by atoms with Gasteiger partial charge in [-0.25, -0.2) is 0 Å². The average molecular weight is 429 g/mol. The first-order chi connectivity index (χ1) is 15.1. The highest BCUT2D eigenvalue weighted by molar-refractivity contribution is 5.78. The van der Waals surface area contributed by atoms with Crippen LogP contribution in [-0.2, 0) is 11.3 Å². The van der Waals surface area contributed by atoms with E-state index in [2.05, 4.69) is 11.4 Å². The second kappa shape index (κ2) is 11.6. The molecule has 1 amide bonds. The number of benzene rings is 2. The monoisotopic (exact) mass is 428 g/mol. The van der Waals surface area contributed by atoms with Gasteiger partial charge in [-0.2, -0.15) is 0 Å². The normalized spacial score (nSPS) is 16.9. The van der Waals surface area contributed by atoms with Gasteiger partial charge in [0.05, 0.1) is 20.8 Å². The molecule has 0 unspecified atom stereocenters. The summed E-state index contributed by atoms with van der Waals surface area (Å²) in [5.74, 6) is 2.27. The van der Waals surface area contributed by atoms with Crippen molar-refractivity contribution in [1.82, 2.24) is 10.2 Å². The van der Waals surface area contributed by atoms with Crippen molar-refractivity contribution in [2.24, 2.45) is 0 Å². The van der Waals surface area contributed by atoms with Crippen LogP contribution in [0.1, 0.15) is 24.8 Å². The Morgan fingerprint density at radius 1 is 1.10 bits per heavy atom. The predicted octanol–water partition coefficient (Wildman–Crippen LogP) is 2.61. The number of hydrogen-bond acceptors (Lipinski definition) is 6. The van der Waals surface area contributed by atoms with Crippen LogP contribution in [0.3, 0.4) is 0 Å². The van der Waals surface area contributed by atoms with Crippen molar-refractivity contribution >= 4 is 5.91 Å². The van der Waals surface area contributed by atoms with Crippen molar-refractivity contribution in [3.63, 3.8) is 0 Å². The number of ether oxygens (including phenoxy) is 3. The van der Waals surface area contributed by atoms with E-state index in [1.807, 2.05) is 36.4 Å². The third kappa shape index (κ3) is 6.87. The van der Waals surface area contributed by atoms with Gasteiger partial charge in [0.1, 0.15) is 30.0 Å². The van der Waals surface area contributed by atoms with Crippen LogP contribution in [0, 0.1) is 0 Å². The van der Waals surface area contributed by atoms with E-state index in [9.17, 15) is 9.90 Å². The largest absolute Gasteiger partial charge is 0.497 e. The Bertz CT molecular complexity index is 844. The molecule has 1 saturated heterocycles. The van der Waals surface area contributed by atoms with Crippen molar-refractivity contribution < 1.29 is 24.1 Å². The lowest BCUT2D eigenvalue weighted by molar-refractivity contribution is -0.130. The number of rotatable bonds is 12. The number of hydrogen-bond donors (Lipinski definition) is 2. The van der Waals surface area contributed by atoms with Crippen LogP contribution in [0.5, 0.6) is 17.2 Å². The number of nitrogens with one attached hydrogen (secondary N) is 1. The van der Waals surface area contributed by atoms with Gasteiger partial charge in [0.2, 0.25) is 5.91 Å². The summed E-state index contributed by atoms with van der Waals surface area (Å²) in [6.07, 6.45) is 1.45. The van der Waals surface area contributed by atoms with Gasteiger partial charge in [0.25, 0.3) is 0 Å². The van der Waals surface area contributed by atoms with E-state index in [-0.39, 0.29) is 25.1 Å². The van der Waals surface area contributed by atoms with E-state index in [0.29, 0.717) is 17.9 Å². The number of methoxy groups -OCH3 is 2. The highest BCUT2D eigenvalue weighted by atomic mass is 16.5. The van der Waals surface area contributed by atoms with E-state index >= 15 is 0 Å². The van der Waals surface area contributed by atoms with Crippen LogP contribution in [0.2, 0.25) is 0 Å². The third-order valence-corrected chi connectivity index (χ3v) is 5.46. The van der Waals surface area contributed by atoms with Gasteiger partial charge in [-0.05, 0) is 49.2 Å². The molecule has 2 aromatic rings. The van der Waals surface area contributed by atoms with E-state index < -0.39 is 6.10 Å². The fourth-order valence-corrected chi connectivity index (χ4v) is 3.79. The number of amides is 1. The van der Waals surface area contributed by atoms with Gasteiger partial charge in [-0.15, -0.1) is 0 Å². The minimum atomic E-state index is -0.750. The molecule has 2 aromatic carbocycles. The Morgan fingerprint density at radius 3 is 2.58 bits per heavy atom. The molecule has 7 heteroatoms. The zero-order chi connectivity index (χ0) is 22.1. The first-order valence-corrected chi connectivity index (χ1v) is 10.7. The molecule has 2 atom stereocenters. The van der Waals surface area contributed by atoms with Crippen molar-refractivity contribution in [1.29, 1.82) is 0 Å². The molecule has 31 heavy (non-hydrogen) atoms. The molecular weight excluding hydrogens is 396 g/mol. The Labute approximate surface area is 183 Å². The third-order valence-electron chi connectivity index (χ3n) is 5.46. The lowest BCUT2D eigenvalue weighted by atomic mass is 10.1. The molecule has 1 heterocycles. The summed E-state index contributed by atoms with van der Waals surface area (Å²) in [7, 11) is 3.26. The molecular formula is C24H32N2O5. The second-order valence-electron chi connectivity index (χ2n) is 7.70. The SMILES string of the molecule is COc1cccc(CNCC[C@H]2CCC(=O)N2C[C@@H](O)COc2cccc(OC)c2)c1. The molecule has 0 aliphatic carbocycles. The number of β-amino-alcohol motifs (C(OH)–C–C–N with tert-alkyl or cyclic N) is 1. The van der Waals surface area contributed by atoms with Crippen LogP contribution in [0.4, 0.5) is 0 Å². The Morgan fingerprint density at radius 2 is 1.81 bits per heavy atom. The van der Waals surface area contributed by atoms with Gasteiger partial charge in [-0.3, -0.25) is 4.79 Å². The number of carbonyl (C=O) groups is 1. The summed E-state index contributed by atoms with van der Waals surface area (Å²) in [6, 6.07) is 15.3. The number of nitrogens with zero attached hydrogens (tertiary/aromatic N) is 1. The quantitative estimate of drug-likeness (QED) is 0.506. The zero-order valence-electron chi connectivity index (χ0n) is 18.3. The molecule has 0 radical (unpaired) electrons. The van der Waals surface area contributed by atoms with Crippen molar-refractivity contribution in [3.8, 4) is 17.2 Å². The number of aliphatic hydroxyl groups is 1. The smallest absolute Gasteiger partial charge is 0.222 e. The molecule has 168 valence electrons. The zero-order valence-corrected chi connectivity index (χ0v) is 18.3. The van der Waals surface area contributed by atoms with Gasteiger partial charge in [0, 0.05) is 25.1 Å². The van der Waals surface area contributed by atoms with E-state index in [1.54, 1.807) is 25.2 Å². The number of aliphatic hydroxyl groups excluding tert-OH is 1. The fraction of sp³-hybridized carbons (Fsp3) is 0.458. The highest BCUT2D eigenvalue weighted by Crippen LogP contribution is 2.22. The number of carbonyl (C=O) groups excluding carboxylic acids is 1. The molecule has 0 saturated carbocycles. The minimum Gasteiger partial charge on any atom is -0.497 e. The van der Waals surface area contributed by atoms with Crippen molar-refractivity contribution in [2.75, 3.05) is 33.9 Å². The van der Waals surface area contributed by atoms with Gasteiger partial charge < -0.3 is 29.5 Å². The molecule has 3 rings (SSSR count). The van der Waals surface area contributed by atoms with Gasteiger partial charge in [-0.1, -0.05) is 18.2 Å². The predicted molar refractivity (Wildman–Crippen MR) is 119 cm³/mol. The van der Waals surface area contributed by atoms with Crippen LogP contribution in [-0.4, -0.2) is 62.0 Å². The van der Waals surface area contributed by atoms with Crippen molar-refractivity contribution in [3.05, 3.63) is 54.1 Å². The summed E-state index contributed by atoms with van der Waals surface area (Å²) in [4.78, 5) is 14.1. The number of likely N-dealkylation sites (tertiary alicyclic amines) is 1. The first kappa shape index (κ1) is 22.9. The summed E-state index contributed by atoms with van der Waals surface area (Å²) in [5, 5.41) is 13.9. The van der Waals surface area contributed by atoms with Crippen LogP contribution < -0.4 is 19.5 Å². The lowest BCUT2D eigenvalue weighted by Crippen LogP contribution is -2.42. The van der Waals surface area contributed by atoms with Gasteiger partial charge in [0.15, 0.2) is 0 Å². The van der Waals surface area contributed by atoms with E-state index in [1.165, 1.54) is 0 Å². The summed E-state index contributed by atoms with van der Waals surface area (Å²) in [5.41, 5.74) is 1.16. The molecule has 2 N–H and O–H groups in total. The fourth-order valence-electron chi connectivity index (χ4n) is 3.79. The summed E-state index contributed by atoms with van der Waals surface area (Å²) >= 11 is 0. The first-order valence-electron chi connectivity index (χ1n) is 10.7. The molecule has 0 aromatic heterocycles. The van der Waals surface area contributed by atoms with E-state index in [0.717, 1.165) is 37.2 Å². The molecule has 1 fully saturated rings. The standard InChI is InChI=1S/C24H32N2O5/c1-29-21-6-3-5-18(13-21)15-25-12-11-19-9-10-24(28)26(19)16-20(27)17-31-23-8-4-7-22(14-23)30-2/h3-8,13-14,19-20,25,27H,9-12,15-17H2,1-2H3/t19-,20-/m1/s1. The average Bonchev–Trinajstić information content (AvgIpc) is 3.14. The van der Waals surface area contributed by atoms with Crippen LogP contribution >= 0.6 is 0 Å². The Balaban J connectivity index is 1.42. The second-order valence-corrected chi connectivity index (χ2v) is 7.70. The molecule has 0 bridgehead atoms. The van der Waals surface area contributed by atoms with Crippen molar-refractivity contribution in [2.45, 2.75) is 38.0 Å². The Hall–Kier alpha value is -2.77. The van der Waals surface area contributed by atoms with E-state index in [4.69, 9.17) is 14.2 Å². The molecule has 1 aliphatic heterocycles. The minimum absolute atomic E-state index is 0.0956. The maximum Gasteiger partial charge on any atom is 0.222 e. The maximum atomic E-state index is 12.3. The molecule has 1 aliphatic rings.